The maximum Gasteiger partial charge on any atom is 0.320 e. The van der Waals surface area contributed by atoms with E-state index in [4.69, 9.17) is 9.72 Å². The number of nitrogens with zero attached hydrogens (tertiary/aromatic N) is 5. The number of anilines is 2. The number of hydrogen-bond donors (Lipinski definition) is 1. The van der Waals surface area contributed by atoms with Gasteiger partial charge in [-0.25, -0.2) is 9.78 Å². The molecule has 0 atom stereocenters. The Balaban J connectivity index is 1.02. The van der Waals surface area contributed by atoms with Gasteiger partial charge in [-0.2, -0.15) is 4.98 Å². The molecule has 1 aromatic carbocycles. The molecule has 0 spiro atoms. The molecule has 3 fully saturated rings. The number of rotatable bonds is 11. The zero-order chi connectivity index (χ0) is 28.3. The average molecular weight is 563 g/mol. The van der Waals surface area contributed by atoms with Gasteiger partial charge in [-0.1, -0.05) is 82.1 Å². The van der Waals surface area contributed by atoms with Crippen LogP contribution in [-0.4, -0.2) is 78.3 Å². The summed E-state index contributed by atoms with van der Waals surface area (Å²) in [4.78, 5) is 28.4. The third-order valence-electron chi connectivity index (χ3n) is 9.02. The number of benzene rings is 1. The fraction of sp³-hybridized carbons (Fsp3) is 0.667. The van der Waals surface area contributed by atoms with Crippen molar-refractivity contribution >= 4 is 17.8 Å². The van der Waals surface area contributed by atoms with Crippen LogP contribution in [0.5, 0.6) is 0 Å². The van der Waals surface area contributed by atoms with Crippen LogP contribution in [0.3, 0.4) is 0 Å². The van der Waals surface area contributed by atoms with Crippen LogP contribution in [-0.2, 0) is 17.7 Å². The number of morpholine rings is 1. The monoisotopic (exact) mass is 562 g/mol. The first kappa shape index (κ1) is 29.6. The second-order valence-corrected chi connectivity index (χ2v) is 12.2. The van der Waals surface area contributed by atoms with E-state index in [2.05, 4.69) is 39.5 Å². The molecule has 2 amide bonds. The highest BCUT2D eigenvalue weighted by molar-refractivity contribution is 5.75. The number of carbonyl (C=O) groups excluding carboxylic acids is 1. The van der Waals surface area contributed by atoms with E-state index in [0.29, 0.717) is 51.9 Å². The van der Waals surface area contributed by atoms with Crippen LogP contribution in [0.15, 0.2) is 30.3 Å². The number of hydrogen-bond acceptors (Lipinski definition) is 6. The molecule has 1 saturated carbocycles. The fourth-order valence-electron chi connectivity index (χ4n) is 6.47. The predicted octanol–water partition coefficient (Wildman–Crippen LogP) is 6.04. The van der Waals surface area contributed by atoms with Crippen molar-refractivity contribution in [1.29, 1.82) is 0 Å². The predicted molar refractivity (Wildman–Crippen MR) is 165 cm³/mol. The lowest BCUT2D eigenvalue weighted by molar-refractivity contribution is 0.0428. The zero-order valence-corrected chi connectivity index (χ0v) is 25.2. The summed E-state index contributed by atoms with van der Waals surface area (Å²) in [7, 11) is 0. The van der Waals surface area contributed by atoms with Crippen LogP contribution < -0.4 is 10.2 Å². The van der Waals surface area contributed by atoms with E-state index in [1.807, 2.05) is 22.8 Å². The summed E-state index contributed by atoms with van der Waals surface area (Å²) in [6, 6.07) is 11.2. The number of nitrogens with one attached hydrogen (secondary N) is 1. The van der Waals surface area contributed by atoms with E-state index in [1.165, 1.54) is 81.8 Å². The Bertz CT molecular complexity index is 1070. The van der Waals surface area contributed by atoms with Gasteiger partial charge in [0.15, 0.2) is 0 Å². The molecule has 0 radical (unpaired) electrons. The quantitative estimate of drug-likeness (QED) is 0.337. The summed E-state index contributed by atoms with van der Waals surface area (Å²) in [5.74, 6) is 2.60. The first-order chi connectivity index (χ1) is 20.1. The SMILES string of the molecule is Cc1cc(N2CCN(C(=O)N3CCOCC3)CC2)nc(NCc2ccc(CCCCCCC3CCCCC3)cc2)n1. The standard InChI is InChI=1S/C33H50N6O2/c1-27-25-31(37-17-19-38(20-18-37)33(40)39-21-23-41-24-22-39)36-32(35-27)34-26-30-15-13-29(14-16-30)12-6-3-2-5-9-28-10-7-4-8-11-28/h13-16,25,28H,2-12,17-24,26H2,1H3,(H,34,35,36). The molecule has 3 aliphatic rings. The molecule has 1 N–H and O–H groups in total. The fourth-order valence-corrected chi connectivity index (χ4v) is 6.47. The van der Waals surface area contributed by atoms with Gasteiger partial charge in [0.25, 0.3) is 0 Å². The molecule has 41 heavy (non-hydrogen) atoms. The van der Waals surface area contributed by atoms with Crippen LogP contribution in [0, 0.1) is 12.8 Å². The molecular weight excluding hydrogens is 512 g/mol. The van der Waals surface area contributed by atoms with E-state index in [9.17, 15) is 4.79 Å². The maximum absolute atomic E-state index is 12.8. The molecule has 0 bridgehead atoms. The summed E-state index contributed by atoms with van der Waals surface area (Å²) in [5, 5.41) is 3.43. The summed E-state index contributed by atoms with van der Waals surface area (Å²) < 4.78 is 5.39. The molecule has 2 aliphatic heterocycles. The Labute approximate surface area is 246 Å². The molecule has 2 aromatic rings. The van der Waals surface area contributed by atoms with E-state index < -0.39 is 0 Å². The number of aryl methyl sites for hydroxylation is 2. The molecular formula is C33H50N6O2. The minimum atomic E-state index is 0.130. The highest BCUT2D eigenvalue weighted by Crippen LogP contribution is 2.28. The van der Waals surface area contributed by atoms with Crippen LogP contribution >= 0.6 is 0 Å². The van der Waals surface area contributed by atoms with Gasteiger partial charge < -0.3 is 24.8 Å². The molecule has 224 valence electrons. The second kappa shape index (κ2) is 15.4. The Morgan fingerprint density at radius 1 is 0.854 bits per heavy atom. The highest BCUT2D eigenvalue weighted by atomic mass is 16.5. The van der Waals surface area contributed by atoms with Crippen molar-refractivity contribution in [2.45, 2.75) is 84.1 Å². The molecule has 1 aromatic heterocycles. The van der Waals surface area contributed by atoms with Gasteiger partial charge in [-0.15, -0.1) is 0 Å². The molecule has 2 saturated heterocycles. The van der Waals surface area contributed by atoms with E-state index in [0.717, 1.165) is 30.5 Å². The minimum Gasteiger partial charge on any atom is -0.378 e. The molecule has 8 nitrogen and oxygen atoms in total. The number of carbonyl (C=O) groups is 1. The molecule has 1 aliphatic carbocycles. The van der Waals surface area contributed by atoms with Crippen molar-refractivity contribution in [2.24, 2.45) is 5.92 Å². The second-order valence-electron chi connectivity index (χ2n) is 12.2. The number of unbranched alkanes of at least 4 members (excludes halogenated alkanes) is 3. The van der Waals surface area contributed by atoms with Crippen molar-refractivity contribution in [1.82, 2.24) is 19.8 Å². The molecule has 5 rings (SSSR count). The van der Waals surface area contributed by atoms with Gasteiger partial charge in [-0.05, 0) is 36.8 Å². The third kappa shape index (κ3) is 9.06. The van der Waals surface area contributed by atoms with Crippen LogP contribution in [0.2, 0.25) is 0 Å². The normalized spacial score (nSPS) is 18.5. The number of ether oxygens (including phenoxy) is 1. The van der Waals surface area contributed by atoms with Crippen molar-refractivity contribution in [3.8, 4) is 0 Å². The number of urea groups is 1. The number of aromatic nitrogens is 2. The van der Waals surface area contributed by atoms with Crippen molar-refractivity contribution in [3.63, 3.8) is 0 Å². The molecule has 3 heterocycles. The van der Waals surface area contributed by atoms with Crippen molar-refractivity contribution < 1.29 is 9.53 Å². The maximum atomic E-state index is 12.8. The molecule has 0 unspecified atom stereocenters. The van der Waals surface area contributed by atoms with E-state index in [1.54, 1.807) is 0 Å². The van der Waals surface area contributed by atoms with E-state index >= 15 is 0 Å². The van der Waals surface area contributed by atoms with Gasteiger partial charge in [0.1, 0.15) is 5.82 Å². The Morgan fingerprint density at radius 3 is 2.29 bits per heavy atom. The summed E-state index contributed by atoms with van der Waals surface area (Å²) in [6.45, 7) is 8.29. The summed E-state index contributed by atoms with van der Waals surface area (Å²) >= 11 is 0. The van der Waals surface area contributed by atoms with Gasteiger partial charge in [0.05, 0.1) is 13.2 Å². The first-order valence-electron chi connectivity index (χ1n) is 16.2. The lowest BCUT2D eigenvalue weighted by Crippen LogP contribution is -2.55. The Morgan fingerprint density at radius 2 is 1.54 bits per heavy atom. The topological polar surface area (TPSA) is 73.8 Å². The first-order valence-corrected chi connectivity index (χ1v) is 16.2. The number of amides is 2. The highest BCUT2D eigenvalue weighted by Gasteiger charge is 2.27. The van der Waals surface area contributed by atoms with Crippen LogP contribution in [0.1, 0.15) is 81.0 Å². The van der Waals surface area contributed by atoms with Gasteiger partial charge in [0.2, 0.25) is 5.95 Å². The van der Waals surface area contributed by atoms with Crippen LogP contribution in [0.4, 0.5) is 16.6 Å². The molecule has 8 heteroatoms. The van der Waals surface area contributed by atoms with Crippen LogP contribution in [0.25, 0.3) is 0 Å². The van der Waals surface area contributed by atoms with Gasteiger partial charge in [-0.3, -0.25) is 0 Å². The average Bonchev–Trinajstić information content (AvgIpc) is 3.02. The Hall–Kier alpha value is -2.87. The number of piperazine rings is 1. The van der Waals surface area contributed by atoms with E-state index in [-0.39, 0.29) is 6.03 Å². The zero-order valence-electron chi connectivity index (χ0n) is 25.2. The van der Waals surface area contributed by atoms with Gasteiger partial charge in [0, 0.05) is 57.6 Å². The van der Waals surface area contributed by atoms with Crippen molar-refractivity contribution in [3.05, 3.63) is 47.2 Å². The summed E-state index contributed by atoms with van der Waals surface area (Å²) in [5.41, 5.74) is 3.61. The Kier molecular flexibility index (Phi) is 11.1. The van der Waals surface area contributed by atoms with Gasteiger partial charge >= 0.3 is 6.03 Å². The largest absolute Gasteiger partial charge is 0.378 e. The van der Waals surface area contributed by atoms with Crippen molar-refractivity contribution in [2.75, 3.05) is 62.7 Å². The summed E-state index contributed by atoms with van der Waals surface area (Å²) in [6.07, 6.45) is 15.4. The third-order valence-corrected chi connectivity index (χ3v) is 9.02. The lowest BCUT2D eigenvalue weighted by Gasteiger charge is -2.39. The smallest absolute Gasteiger partial charge is 0.320 e. The lowest BCUT2D eigenvalue weighted by atomic mass is 9.85. The minimum absolute atomic E-state index is 0.130.